The van der Waals surface area contributed by atoms with Crippen molar-refractivity contribution in [1.29, 1.82) is 0 Å². The molecule has 0 spiro atoms. The van der Waals surface area contributed by atoms with Crippen LogP contribution in [0.25, 0.3) is 10.4 Å². The van der Waals surface area contributed by atoms with Gasteiger partial charge in [-0.15, -0.1) is 0 Å². The van der Waals surface area contributed by atoms with Crippen LogP contribution in [0.4, 0.5) is 5.82 Å². The Balaban J connectivity index is 2.16. The molecular formula is C9H12N6O3. The van der Waals surface area contributed by atoms with E-state index in [9.17, 15) is 9.90 Å². The Hall–Kier alpha value is -2.09. The maximum Gasteiger partial charge on any atom is 0.351 e. The molecule has 9 nitrogen and oxygen atoms in total. The molecule has 1 aromatic heterocycles. The van der Waals surface area contributed by atoms with Gasteiger partial charge in [-0.25, -0.2) is 4.79 Å². The third-order valence-corrected chi connectivity index (χ3v) is 2.69. The Morgan fingerprint density at radius 2 is 2.56 bits per heavy atom. The quantitative estimate of drug-likeness (QED) is 0.435. The lowest BCUT2D eigenvalue weighted by Crippen LogP contribution is -2.27. The molecule has 18 heavy (non-hydrogen) atoms. The normalized spacial score (nSPS) is 26.8. The first-order valence-corrected chi connectivity index (χ1v) is 5.31. The first-order chi connectivity index (χ1) is 8.61. The number of anilines is 1. The first kappa shape index (κ1) is 12.4. The summed E-state index contributed by atoms with van der Waals surface area (Å²) in [5.74, 6) is 0.125. The van der Waals surface area contributed by atoms with E-state index in [4.69, 9.17) is 16.0 Å². The van der Waals surface area contributed by atoms with Crippen molar-refractivity contribution in [3.8, 4) is 0 Å². The van der Waals surface area contributed by atoms with Crippen LogP contribution in [-0.2, 0) is 4.74 Å². The topological polar surface area (TPSA) is 139 Å². The number of nitrogen functional groups attached to an aromatic ring is 1. The summed E-state index contributed by atoms with van der Waals surface area (Å²) in [6.07, 6.45) is -0.338. The number of hydrogen-bond donors (Lipinski definition) is 2. The van der Waals surface area contributed by atoms with E-state index in [-0.39, 0.29) is 18.8 Å². The summed E-state index contributed by atoms with van der Waals surface area (Å²) in [4.78, 5) is 17.8. The fourth-order valence-corrected chi connectivity index (χ4v) is 1.81. The van der Waals surface area contributed by atoms with Gasteiger partial charge in [0.1, 0.15) is 12.0 Å². The van der Waals surface area contributed by atoms with Crippen molar-refractivity contribution >= 4 is 5.82 Å². The predicted octanol–water partition coefficient (Wildman–Crippen LogP) is -0.216. The second kappa shape index (κ2) is 5.05. The van der Waals surface area contributed by atoms with Crippen LogP contribution in [0.5, 0.6) is 0 Å². The molecule has 0 aliphatic carbocycles. The maximum atomic E-state index is 11.6. The number of nitrogens with zero attached hydrogens (tertiary/aromatic N) is 5. The molecule has 96 valence electrons. The smallest absolute Gasteiger partial charge is 0.351 e. The van der Waals surface area contributed by atoms with E-state index < -0.39 is 24.1 Å². The largest absolute Gasteiger partial charge is 0.390 e. The number of ether oxygens (including phenoxy) is 1. The second-order valence-electron chi connectivity index (χ2n) is 3.89. The van der Waals surface area contributed by atoms with Gasteiger partial charge in [0.2, 0.25) is 0 Å². The zero-order valence-electron chi connectivity index (χ0n) is 9.38. The summed E-state index contributed by atoms with van der Waals surface area (Å²) in [5.41, 5.74) is 13.0. The summed E-state index contributed by atoms with van der Waals surface area (Å²) in [6, 6.07) is 1.47. The van der Waals surface area contributed by atoms with Crippen LogP contribution in [0.2, 0.25) is 0 Å². The lowest BCUT2D eigenvalue weighted by molar-refractivity contribution is -0.0149. The molecule has 2 rings (SSSR count). The highest BCUT2D eigenvalue weighted by Gasteiger charge is 2.34. The van der Waals surface area contributed by atoms with E-state index >= 15 is 0 Å². The molecule has 1 saturated heterocycles. The van der Waals surface area contributed by atoms with Crippen LogP contribution in [0.1, 0.15) is 12.6 Å². The van der Waals surface area contributed by atoms with Crippen molar-refractivity contribution in [2.75, 3.05) is 12.3 Å². The van der Waals surface area contributed by atoms with Crippen LogP contribution in [0.3, 0.4) is 0 Å². The third-order valence-electron chi connectivity index (χ3n) is 2.69. The molecule has 0 amide bonds. The Morgan fingerprint density at radius 1 is 1.78 bits per heavy atom. The van der Waals surface area contributed by atoms with Gasteiger partial charge < -0.3 is 15.6 Å². The highest BCUT2D eigenvalue weighted by atomic mass is 16.5. The van der Waals surface area contributed by atoms with Gasteiger partial charge in [-0.2, -0.15) is 4.98 Å². The third kappa shape index (κ3) is 2.43. The van der Waals surface area contributed by atoms with Gasteiger partial charge in [0.25, 0.3) is 0 Å². The van der Waals surface area contributed by atoms with Crippen molar-refractivity contribution in [2.24, 2.45) is 5.11 Å². The molecule has 2 heterocycles. The fraction of sp³-hybridized carbons (Fsp3) is 0.556. The number of azide groups is 1. The first-order valence-electron chi connectivity index (χ1n) is 5.31. The van der Waals surface area contributed by atoms with Crippen molar-refractivity contribution in [3.05, 3.63) is 33.2 Å². The zero-order chi connectivity index (χ0) is 13.1. The molecule has 1 aromatic rings. The van der Waals surface area contributed by atoms with Crippen LogP contribution in [0, 0.1) is 0 Å². The zero-order valence-corrected chi connectivity index (χ0v) is 9.38. The fourth-order valence-electron chi connectivity index (χ4n) is 1.81. The lowest BCUT2D eigenvalue weighted by Gasteiger charge is -2.14. The van der Waals surface area contributed by atoms with Gasteiger partial charge in [0.05, 0.1) is 18.8 Å². The highest BCUT2D eigenvalue weighted by molar-refractivity contribution is 5.23. The summed E-state index contributed by atoms with van der Waals surface area (Å²) in [5, 5.41) is 13.1. The standard InChI is InChI=1S/C9H12N6O3/c10-7-1-2-15(9(17)13-7)8-3-5(16)6(18-8)4-12-14-11/h1-2,5-6,8,16H,3-4H2,(H2,10,13,17)/t5?,6-,8-/m1/s1. The summed E-state index contributed by atoms with van der Waals surface area (Å²) >= 11 is 0. The predicted molar refractivity (Wildman–Crippen MR) is 61.5 cm³/mol. The minimum Gasteiger partial charge on any atom is -0.390 e. The molecule has 0 radical (unpaired) electrons. The molecule has 1 fully saturated rings. The monoisotopic (exact) mass is 252 g/mol. The Morgan fingerprint density at radius 3 is 3.22 bits per heavy atom. The number of aromatic nitrogens is 2. The van der Waals surface area contributed by atoms with Crippen molar-refractivity contribution in [3.63, 3.8) is 0 Å². The summed E-state index contributed by atoms with van der Waals surface area (Å²) in [7, 11) is 0. The summed E-state index contributed by atoms with van der Waals surface area (Å²) in [6.45, 7) is 0.0192. The molecule has 0 aromatic carbocycles. The SMILES string of the molecule is [N-]=[N+]=NC[C@H]1O[C@@H](n2ccc(N)nc2=O)CC1O. The van der Waals surface area contributed by atoms with E-state index in [0.717, 1.165) is 0 Å². The molecule has 1 aliphatic rings. The van der Waals surface area contributed by atoms with Gasteiger partial charge in [-0.1, -0.05) is 5.11 Å². The average Bonchev–Trinajstić information content (AvgIpc) is 2.68. The van der Waals surface area contributed by atoms with Crippen LogP contribution in [0.15, 0.2) is 22.2 Å². The highest BCUT2D eigenvalue weighted by Crippen LogP contribution is 2.27. The van der Waals surface area contributed by atoms with Gasteiger partial charge in [0.15, 0.2) is 0 Å². The van der Waals surface area contributed by atoms with Crippen LogP contribution in [-0.4, -0.2) is 33.4 Å². The minimum atomic E-state index is -0.787. The van der Waals surface area contributed by atoms with Gasteiger partial charge >= 0.3 is 5.69 Å². The van der Waals surface area contributed by atoms with E-state index in [1.807, 2.05) is 0 Å². The molecule has 3 N–H and O–H groups in total. The van der Waals surface area contributed by atoms with Crippen LogP contribution < -0.4 is 11.4 Å². The molecule has 0 bridgehead atoms. The molecule has 0 saturated carbocycles. The molecule has 1 aliphatic heterocycles. The Kier molecular flexibility index (Phi) is 3.47. The Labute approximate surface area is 101 Å². The van der Waals surface area contributed by atoms with Gasteiger partial charge in [-0.05, 0) is 11.6 Å². The molecule has 1 unspecified atom stereocenters. The van der Waals surface area contributed by atoms with Crippen molar-refractivity contribution in [1.82, 2.24) is 9.55 Å². The molecular weight excluding hydrogens is 240 g/mol. The van der Waals surface area contributed by atoms with E-state index in [2.05, 4.69) is 15.0 Å². The van der Waals surface area contributed by atoms with Crippen LogP contribution >= 0.6 is 0 Å². The number of aliphatic hydroxyl groups excluding tert-OH is 1. The number of nitrogens with two attached hydrogens (primary N) is 1. The van der Waals surface area contributed by atoms with E-state index in [0.29, 0.717) is 0 Å². The van der Waals surface area contributed by atoms with E-state index in [1.54, 1.807) is 0 Å². The van der Waals surface area contributed by atoms with E-state index in [1.165, 1.54) is 16.8 Å². The molecule has 3 atom stereocenters. The number of rotatable bonds is 3. The minimum absolute atomic E-state index is 0.0192. The van der Waals surface area contributed by atoms with Gasteiger partial charge in [-0.3, -0.25) is 4.57 Å². The van der Waals surface area contributed by atoms with Crippen molar-refractivity contribution in [2.45, 2.75) is 24.9 Å². The number of hydrogen-bond acceptors (Lipinski definition) is 6. The summed E-state index contributed by atoms with van der Waals surface area (Å²) < 4.78 is 6.70. The second-order valence-corrected chi connectivity index (χ2v) is 3.89. The lowest BCUT2D eigenvalue weighted by atomic mass is 10.2. The van der Waals surface area contributed by atoms with Crippen molar-refractivity contribution < 1.29 is 9.84 Å². The Bertz CT molecular complexity index is 537. The maximum absolute atomic E-state index is 11.6. The average molecular weight is 252 g/mol. The molecule has 9 heteroatoms. The van der Waals surface area contributed by atoms with Gasteiger partial charge in [0, 0.05) is 17.5 Å². The number of aliphatic hydroxyl groups is 1.